The van der Waals surface area contributed by atoms with Gasteiger partial charge in [-0.3, -0.25) is 0 Å². The highest BCUT2D eigenvalue weighted by Gasteiger charge is 2.05. The maximum atomic E-state index is 5.97. The van der Waals surface area contributed by atoms with Gasteiger partial charge in [0.05, 0.1) is 11.8 Å². The van der Waals surface area contributed by atoms with Crippen molar-refractivity contribution >= 4 is 40.3 Å². The quantitative estimate of drug-likeness (QED) is 0.772. The van der Waals surface area contributed by atoms with Crippen LogP contribution in [-0.2, 0) is 0 Å². The molecule has 0 radical (unpaired) electrons. The fourth-order valence-corrected chi connectivity index (χ4v) is 2.29. The molecule has 3 nitrogen and oxygen atoms in total. The first-order valence-electron chi connectivity index (χ1n) is 6.23. The van der Waals surface area contributed by atoms with E-state index in [0.717, 1.165) is 11.4 Å². The number of halogens is 2. The zero-order chi connectivity index (χ0) is 14.7. The van der Waals surface area contributed by atoms with Crippen LogP contribution < -0.4 is 15.8 Å². The van der Waals surface area contributed by atoms with Gasteiger partial charge in [-0.05, 0) is 44.2 Å². The van der Waals surface area contributed by atoms with Crippen LogP contribution in [0, 0.1) is 0 Å². The fourth-order valence-electron chi connectivity index (χ4n) is 1.76. The molecule has 5 heteroatoms. The maximum absolute atomic E-state index is 5.97. The van der Waals surface area contributed by atoms with Crippen LogP contribution in [0.4, 0.5) is 17.1 Å². The molecule has 0 aliphatic carbocycles. The van der Waals surface area contributed by atoms with E-state index in [0.29, 0.717) is 21.5 Å². The van der Waals surface area contributed by atoms with Crippen molar-refractivity contribution in [3.8, 4) is 5.75 Å². The minimum Gasteiger partial charge on any atom is -0.489 e. The lowest BCUT2D eigenvalue weighted by molar-refractivity contribution is 0.244. The molecule has 106 valence electrons. The van der Waals surface area contributed by atoms with Crippen LogP contribution in [0.5, 0.6) is 5.75 Å². The van der Waals surface area contributed by atoms with Crippen LogP contribution in [0.1, 0.15) is 13.8 Å². The van der Waals surface area contributed by atoms with Gasteiger partial charge in [0.15, 0.2) is 0 Å². The van der Waals surface area contributed by atoms with Crippen LogP contribution >= 0.6 is 23.2 Å². The van der Waals surface area contributed by atoms with Crippen molar-refractivity contribution in [1.82, 2.24) is 0 Å². The van der Waals surface area contributed by atoms with E-state index >= 15 is 0 Å². The van der Waals surface area contributed by atoms with Gasteiger partial charge in [-0.15, -0.1) is 0 Å². The largest absolute Gasteiger partial charge is 0.489 e. The summed E-state index contributed by atoms with van der Waals surface area (Å²) in [6.45, 7) is 3.91. The van der Waals surface area contributed by atoms with Gasteiger partial charge in [0.2, 0.25) is 0 Å². The third kappa shape index (κ3) is 3.95. The van der Waals surface area contributed by atoms with E-state index in [1.54, 1.807) is 24.3 Å². The van der Waals surface area contributed by atoms with Crippen LogP contribution in [0.25, 0.3) is 0 Å². The Balaban J connectivity index is 2.25. The highest BCUT2D eigenvalue weighted by Crippen LogP contribution is 2.30. The molecular weight excluding hydrogens is 295 g/mol. The normalized spacial score (nSPS) is 10.7. The lowest BCUT2D eigenvalue weighted by Crippen LogP contribution is -2.07. The molecule has 0 spiro atoms. The zero-order valence-corrected chi connectivity index (χ0v) is 12.8. The van der Waals surface area contributed by atoms with E-state index in [1.807, 2.05) is 26.0 Å². The van der Waals surface area contributed by atoms with E-state index in [-0.39, 0.29) is 6.10 Å². The fraction of sp³-hybridized carbons (Fsp3) is 0.200. The Hall–Kier alpha value is -1.58. The van der Waals surface area contributed by atoms with Crippen molar-refractivity contribution in [3.05, 3.63) is 46.4 Å². The van der Waals surface area contributed by atoms with E-state index in [4.69, 9.17) is 33.7 Å². The van der Waals surface area contributed by atoms with Crippen molar-refractivity contribution < 1.29 is 4.74 Å². The highest BCUT2D eigenvalue weighted by molar-refractivity contribution is 6.35. The van der Waals surface area contributed by atoms with Gasteiger partial charge in [0.1, 0.15) is 5.75 Å². The van der Waals surface area contributed by atoms with Gasteiger partial charge in [-0.1, -0.05) is 23.2 Å². The summed E-state index contributed by atoms with van der Waals surface area (Å²) in [5.74, 6) is 0.651. The number of benzene rings is 2. The van der Waals surface area contributed by atoms with Gasteiger partial charge in [-0.25, -0.2) is 0 Å². The summed E-state index contributed by atoms with van der Waals surface area (Å²) >= 11 is 11.9. The Bertz CT molecular complexity index is 595. The van der Waals surface area contributed by atoms with E-state index < -0.39 is 0 Å². The molecule has 0 unspecified atom stereocenters. The molecule has 0 fully saturated rings. The Morgan fingerprint density at radius 3 is 2.25 bits per heavy atom. The van der Waals surface area contributed by atoms with Crippen LogP contribution in [-0.4, -0.2) is 6.10 Å². The number of ether oxygens (including phenoxy) is 1. The number of hydrogen-bond acceptors (Lipinski definition) is 3. The molecule has 0 aliphatic heterocycles. The molecule has 0 aromatic heterocycles. The smallest absolute Gasteiger partial charge is 0.144 e. The molecule has 0 atom stereocenters. The average molecular weight is 311 g/mol. The third-order valence-corrected chi connectivity index (χ3v) is 2.96. The molecular formula is C15H16Cl2N2O. The summed E-state index contributed by atoms with van der Waals surface area (Å²) in [6.07, 6.45) is 0.0631. The first-order valence-corrected chi connectivity index (χ1v) is 6.99. The lowest BCUT2D eigenvalue weighted by Gasteiger charge is -2.14. The van der Waals surface area contributed by atoms with Crippen molar-refractivity contribution in [2.75, 3.05) is 11.1 Å². The number of nitrogens with two attached hydrogens (primary N) is 1. The van der Waals surface area contributed by atoms with Gasteiger partial charge < -0.3 is 15.8 Å². The summed E-state index contributed by atoms with van der Waals surface area (Å²) in [7, 11) is 0. The van der Waals surface area contributed by atoms with Gasteiger partial charge >= 0.3 is 0 Å². The Morgan fingerprint density at radius 2 is 1.65 bits per heavy atom. The lowest BCUT2D eigenvalue weighted by atomic mass is 10.2. The third-order valence-electron chi connectivity index (χ3n) is 2.53. The molecule has 0 saturated carbocycles. The van der Waals surface area contributed by atoms with E-state index in [9.17, 15) is 0 Å². The summed E-state index contributed by atoms with van der Waals surface area (Å²) in [5.41, 5.74) is 8.15. The second kappa shape index (κ2) is 6.25. The van der Waals surface area contributed by atoms with Crippen molar-refractivity contribution in [2.24, 2.45) is 0 Å². The van der Waals surface area contributed by atoms with Crippen molar-refractivity contribution in [2.45, 2.75) is 20.0 Å². The summed E-state index contributed by atoms with van der Waals surface area (Å²) in [6, 6.07) is 10.8. The number of nitrogens with one attached hydrogen (secondary N) is 1. The molecule has 0 bridgehead atoms. The molecule has 0 saturated heterocycles. The number of nitrogen functional groups attached to an aromatic ring is 1. The first-order chi connectivity index (χ1) is 9.44. The molecule has 0 aliphatic rings. The monoisotopic (exact) mass is 310 g/mol. The Labute approximate surface area is 128 Å². The molecule has 20 heavy (non-hydrogen) atoms. The van der Waals surface area contributed by atoms with E-state index in [2.05, 4.69) is 5.32 Å². The SMILES string of the molecule is CC(C)Oc1cc(Nc2cc(Cl)cc(Cl)c2)ccc1N. The predicted octanol–water partition coefficient (Wildman–Crippen LogP) is 5.11. The number of hydrogen-bond donors (Lipinski definition) is 2. The predicted molar refractivity (Wildman–Crippen MR) is 86.4 cm³/mol. The number of anilines is 3. The Morgan fingerprint density at radius 1 is 1.00 bits per heavy atom. The summed E-state index contributed by atoms with van der Waals surface area (Å²) < 4.78 is 5.65. The van der Waals surface area contributed by atoms with Gasteiger partial charge in [0, 0.05) is 27.5 Å². The summed E-state index contributed by atoms with van der Waals surface area (Å²) in [5, 5.41) is 4.38. The highest BCUT2D eigenvalue weighted by atomic mass is 35.5. The molecule has 2 aromatic carbocycles. The second-order valence-electron chi connectivity index (χ2n) is 4.70. The topological polar surface area (TPSA) is 47.3 Å². The van der Waals surface area contributed by atoms with Gasteiger partial charge in [-0.2, -0.15) is 0 Å². The zero-order valence-electron chi connectivity index (χ0n) is 11.3. The maximum Gasteiger partial charge on any atom is 0.144 e. The molecule has 2 rings (SSSR count). The summed E-state index contributed by atoms with van der Waals surface area (Å²) in [4.78, 5) is 0. The van der Waals surface area contributed by atoms with E-state index in [1.165, 1.54) is 0 Å². The molecule has 2 aromatic rings. The second-order valence-corrected chi connectivity index (χ2v) is 5.58. The molecule has 0 amide bonds. The van der Waals surface area contributed by atoms with Crippen molar-refractivity contribution in [1.29, 1.82) is 0 Å². The minimum absolute atomic E-state index is 0.0631. The van der Waals surface area contributed by atoms with Crippen LogP contribution in [0.2, 0.25) is 10.0 Å². The minimum atomic E-state index is 0.0631. The Kier molecular flexibility index (Phi) is 4.63. The average Bonchev–Trinajstić information content (AvgIpc) is 2.31. The van der Waals surface area contributed by atoms with Crippen molar-refractivity contribution in [3.63, 3.8) is 0 Å². The molecule has 0 heterocycles. The first kappa shape index (κ1) is 14.8. The van der Waals surface area contributed by atoms with Gasteiger partial charge in [0.25, 0.3) is 0 Å². The molecule has 3 N–H and O–H groups in total. The standard InChI is InChI=1S/C15H16Cl2N2O/c1-9(2)20-15-8-12(3-4-14(15)18)19-13-6-10(16)5-11(17)7-13/h3-9,19H,18H2,1-2H3. The van der Waals surface area contributed by atoms with Crippen LogP contribution in [0.15, 0.2) is 36.4 Å². The van der Waals surface area contributed by atoms with Crippen LogP contribution in [0.3, 0.4) is 0 Å². The number of rotatable bonds is 4.